The van der Waals surface area contributed by atoms with Crippen LogP contribution < -0.4 is 15.4 Å². The van der Waals surface area contributed by atoms with Crippen LogP contribution in [0.1, 0.15) is 29.8 Å². The molecule has 1 atom stereocenters. The van der Waals surface area contributed by atoms with Crippen LogP contribution >= 0.6 is 12.4 Å². The molecule has 1 saturated heterocycles. The molecule has 1 unspecified atom stereocenters. The largest absolute Gasteiger partial charge is 0.354 e. The number of amides is 1. The number of nitrogens with one attached hydrogen (secondary N) is 3. The van der Waals surface area contributed by atoms with Gasteiger partial charge in [-0.25, -0.2) is 13.1 Å². The molecule has 132 valence electrons. The minimum Gasteiger partial charge on any atom is -0.354 e. The second kappa shape index (κ2) is 8.68. The average Bonchev–Trinajstić information content (AvgIpc) is 2.90. The van der Waals surface area contributed by atoms with Crippen LogP contribution in [-0.2, 0) is 17.1 Å². The highest BCUT2D eigenvalue weighted by atomic mass is 35.5. The molecule has 2 heterocycles. The summed E-state index contributed by atoms with van der Waals surface area (Å²) in [5.74, 6) is 0.214. The van der Waals surface area contributed by atoms with Gasteiger partial charge in [-0.1, -0.05) is 0 Å². The Kier molecular flexibility index (Phi) is 7.53. The van der Waals surface area contributed by atoms with Crippen LogP contribution in [0.4, 0.5) is 0 Å². The maximum atomic E-state index is 12.3. The summed E-state index contributed by atoms with van der Waals surface area (Å²) >= 11 is 0. The Labute approximate surface area is 143 Å². The number of hydrogen-bond donors (Lipinski definition) is 3. The van der Waals surface area contributed by atoms with Gasteiger partial charge in [-0.2, -0.15) is 0 Å². The second-order valence-electron chi connectivity index (χ2n) is 5.65. The first-order chi connectivity index (χ1) is 10.4. The number of aryl methyl sites for hydroxylation is 1. The number of carbonyl (C=O) groups excluding carboxylic acids is 1. The van der Waals surface area contributed by atoms with Crippen molar-refractivity contribution in [2.24, 2.45) is 13.0 Å². The summed E-state index contributed by atoms with van der Waals surface area (Å²) in [4.78, 5) is 11.8. The third-order valence-electron chi connectivity index (χ3n) is 3.99. The van der Waals surface area contributed by atoms with Crippen LogP contribution in [0.3, 0.4) is 0 Å². The molecule has 9 heteroatoms. The van der Waals surface area contributed by atoms with Gasteiger partial charge < -0.3 is 15.2 Å². The molecule has 1 amide bonds. The lowest BCUT2D eigenvalue weighted by atomic mass is 9.96. The maximum absolute atomic E-state index is 12.3. The zero-order valence-electron chi connectivity index (χ0n) is 13.5. The third kappa shape index (κ3) is 5.20. The van der Waals surface area contributed by atoms with Gasteiger partial charge in [-0.05, 0) is 44.3 Å². The molecule has 2 rings (SSSR count). The number of rotatable bonds is 6. The first kappa shape index (κ1) is 20.0. The summed E-state index contributed by atoms with van der Waals surface area (Å²) in [5.41, 5.74) is 0.319. The molecule has 7 nitrogen and oxygen atoms in total. The molecule has 3 N–H and O–H groups in total. The summed E-state index contributed by atoms with van der Waals surface area (Å²) in [5, 5.41) is 5.81. The molecule has 0 bridgehead atoms. The predicted molar refractivity (Wildman–Crippen MR) is 91.5 cm³/mol. The van der Waals surface area contributed by atoms with E-state index in [4.69, 9.17) is 0 Å². The molecule has 1 fully saturated rings. The maximum Gasteiger partial charge on any atom is 0.267 e. The molecular formula is C14H25ClN4O3S. The first-order valence-corrected chi connectivity index (χ1v) is 9.01. The van der Waals surface area contributed by atoms with Gasteiger partial charge >= 0.3 is 0 Å². The Balaban J connectivity index is 0.00000264. The van der Waals surface area contributed by atoms with Gasteiger partial charge in [-0.15, -0.1) is 12.4 Å². The monoisotopic (exact) mass is 364 g/mol. The zero-order valence-corrected chi connectivity index (χ0v) is 15.1. The van der Waals surface area contributed by atoms with Gasteiger partial charge in [0.2, 0.25) is 10.0 Å². The van der Waals surface area contributed by atoms with Crippen molar-refractivity contribution in [1.82, 2.24) is 19.9 Å². The summed E-state index contributed by atoms with van der Waals surface area (Å²) < 4.78 is 28.7. The normalized spacial score (nSPS) is 18.3. The molecule has 1 aromatic heterocycles. The van der Waals surface area contributed by atoms with E-state index in [1.54, 1.807) is 7.05 Å². The van der Waals surface area contributed by atoms with Gasteiger partial charge in [0.05, 0.1) is 0 Å². The summed E-state index contributed by atoms with van der Waals surface area (Å²) in [6.07, 6.45) is 4.56. The predicted octanol–water partition coefficient (Wildman–Crippen LogP) is 0.474. The Morgan fingerprint density at radius 2 is 2.22 bits per heavy atom. The van der Waals surface area contributed by atoms with E-state index in [2.05, 4.69) is 15.4 Å². The lowest BCUT2D eigenvalue weighted by Gasteiger charge is -2.22. The highest BCUT2D eigenvalue weighted by Gasteiger charge is 2.20. The number of aromatic nitrogens is 1. The lowest BCUT2D eigenvalue weighted by Crippen LogP contribution is -2.33. The number of halogens is 1. The fourth-order valence-electron chi connectivity index (χ4n) is 2.69. The summed E-state index contributed by atoms with van der Waals surface area (Å²) in [6, 6.07) is 1.39. The molecule has 0 radical (unpaired) electrons. The number of nitrogens with zero attached hydrogens (tertiary/aromatic N) is 1. The van der Waals surface area contributed by atoms with Crippen LogP contribution in [0.15, 0.2) is 17.2 Å². The standard InChI is InChI=1S/C14H24N4O3S.ClH/c1-15-14(19)13-8-12(10-18(13)2)22(20,21)17-7-5-11-4-3-6-16-9-11;/h8,10-11,16-17H,3-7,9H2,1-2H3,(H,15,19);1H. The molecule has 23 heavy (non-hydrogen) atoms. The SMILES string of the molecule is CNC(=O)c1cc(S(=O)(=O)NCCC2CCCNC2)cn1C.Cl. The van der Waals surface area contributed by atoms with Crippen molar-refractivity contribution in [3.8, 4) is 0 Å². The van der Waals surface area contributed by atoms with E-state index in [-0.39, 0.29) is 23.2 Å². The zero-order chi connectivity index (χ0) is 16.2. The Morgan fingerprint density at radius 3 is 2.83 bits per heavy atom. The Morgan fingerprint density at radius 1 is 1.48 bits per heavy atom. The Hall–Kier alpha value is -1.09. The van der Waals surface area contributed by atoms with Gasteiger partial charge in [0, 0.05) is 26.8 Å². The number of piperidine rings is 1. The summed E-state index contributed by atoms with van der Waals surface area (Å²) in [7, 11) is -0.412. The smallest absolute Gasteiger partial charge is 0.267 e. The number of sulfonamides is 1. The van der Waals surface area contributed by atoms with E-state index in [1.807, 2.05) is 0 Å². The second-order valence-corrected chi connectivity index (χ2v) is 7.42. The molecule has 1 aromatic rings. The van der Waals surface area contributed by atoms with E-state index in [0.29, 0.717) is 18.2 Å². The van der Waals surface area contributed by atoms with Crippen molar-refractivity contribution < 1.29 is 13.2 Å². The molecule has 1 aliphatic rings. The minimum absolute atomic E-state index is 0. The first-order valence-electron chi connectivity index (χ1n) is 7.53. The van der Waals surface area contributed by atoms with Crippen molar-refractivity contribution in [1.29, 1.82) is 0 Å². The molecule has 0 aliphatic carbocycles. The van der Waals surface area contributed by atoms with Crippen LogP contribution in [0.5, 0.6) is 0 Å². The number of carbonyl (C=O) groups is 1. The fraction of sp³-hybridized carbons (Fsp3) is 0.643. The van der Waals surface area contributed by atoms with Crippen LogP contribution in [-0.4, -0.2) is 45.6 Å². The van der Waals surface area contributed by atoms with Crippen molar-refractivity contribution in [2.75, 3.05) is 26.7 Å². The molecule has 1 aliphatic heterocycles. The fourth-order valence-corrected chi connectivity index (χ4v) is 3.80. The average molecular weight is 365 g/mol. The highest BCUT2D eigenvalue weighted by molar-refractivity contribution is 7.89. The van der Waals surface area contributed by atoms with Crippen molar-refractivity contribution in [3.05, 3.63) is 18.0 Å². The highest BCUT2D eigenvalue weighted by Crippen LogP contribution is 2.16. The van der Waals surface area contributed by atoms with Gasteiger partial charge in [0.25, 0.3) is 5.91 Å². The van der Waals surface area contributed by atoms with E-state index >= 15 is 0 Å². The van der Waals surface area contributed by atoms with Crippen molar-refractivity contribution in [2.45, 2.75) is 24.2 Å². The topological polar surface area (TPSA) is 92.2 Å². The Bertz CT molecular complexity index is 624. The van der Waals surface area contributed by atoms with Gasteiger partial charge in [-0.3, -0.25) is 4.79 Å². The third-order valence-corrected chi connectivity index (χ3v) is 5.42. The van der Waals surface area contributed by atoms with Crippen LogP contribution in [0.2, 0.25) is 0 Å². The summed E-state index contributed by atoms with van der Waals surface area (Å²) in [6.45, 7) is 2.42. The van der Waals surface area contributed by atoms with Gasteiger partial charge in [0.1, 0.15) is 10.6 Å². The van der Waals surface area contributed by atoms with E-state index in [0.717, 1.165) is 32.4 Å². The van der Waals surface area contributed by atoms with Crippen molar-refractivity contribution >= 4 is 28.3 Å². The van der Waals surface area contributed by atoms with Gasteiger partial charge in [0.15, 0.2) is 0 Å². The molecule has 0 saturated carbocycles. The van der Waals surface area contributed by atoms with Crippen LogP contribution in [0, 0.1) is 5.92 Å². The van der Waals surface area contributed by atoms with Crippen molar-refractivity contribution in [3.63, 3.8) is 0 Å². The molecule has 0 aromatic carbocycles. The molecule has 0 spiro atoms. The van der Waals surface area contributed by atoms with E-state index in [9.17, 15) is 13.2 Å². The lowest BCUT2D eigenvalue weighted by molar-refractivity contribution is 0.0955. The quantitative estimate of drug-likeness (QED) is 0.684. The minimum atomic E-state index is -3.58. The van der Waals surface area contributed by atoms with E-state index < -0.39 is 10.0 Å². The molecular weight excluding hydrogens is 340 g/mol. The van der Waals surface area contributed by atoms with Crippen LogP contribution in [0.25, 0.3) is 0 Å². The number of hydrogen-bond acceptors (Lipinski definition) is 4. The van der Waals surface area contributed by atoms with E-state index in [1.165, 1.54) is 23.9 Å².